The van der Waals surface area contributed by atoms with Gasteiger partial charge in [-0.3, -0.25) is 0 Å². The second-order valence-electron chi connectivity index (χ2n) is 5.40. The Balaban J connectivity index is 3.28. The summed E-state index contributed by atoms with van der Waals surface area (Å²) in [4.78, 5) is 3.89. The van der Waals surface area contributed by atoms with Crippen LogP contribution in [-0.4, -0.2) is 32.6 Å². The van der Waals surface area contributed by atoms with E-state index in [1.54, 1.807) is 0 Å². The average molecular weight is 335 g/mol. The normalized spacial score (nSPS) is 14.1. The van der Waals surface area contributed by atoms with E-state index < -0.39 is 21.5 Å². The Labute approximate surface area is 132 Å². The first-order valence-electron chi connectivity index (χ1n) is 6.55. The molecule has 1 aromatic heterocycles. The summed E-state index contributed by atoms with van der Waals surface area (Å²) in [7, 11) is -0.00109. The molecule has 0 unspecified atom stereocenters. The van der Waals surface area contributed by atoms with Gasteiger partial charge in [0, 0.05) is 5.88 Å². The molecule has 21 heavy (non-hydrogen) atoms. The van der Waals surface area contributed by atoms with Crippen molar-refractivity contribution >= 4 is 28.3 Å². The Bertz CT molecular complexity index is 544. The van der Waals surface area contributed by atoms with Crippen LogP contribution in [-0.2, 0) is 11.0 Å². The van der Waals surface area contributed by atoms with Crippen LogP contribution in [0.4, 0.5) is 4.39 Å². The molecule has 7 heteroatoms. The van der Waals surface area contributed by atoms with Crippen LogP contribution in [0.15, 0.2) is 16.7 Å². The van der Waals surface area contributed by atoms with Gasteiger partial charge in [0.15, 0.2) is 0 Å². The third kappa shape index (κ3) is 5.36. The van der Waals surface area contributed by atoms with Crippen LogP contribution in [0.25, 0.3) is 0 Å². The van der Waals surface area contributed by atoms with E-state index >= 15 is 0 Å². The fourth-order valence-electron chi connectivity index (χ4n) is 1.50. The molecule has 1 rings (SSSR count). The fourth-order valence-corrected chi connectivity index (χ4v) is 2.29. The highest BCUT2D eigenvalue weighted by molar-refractivity contribution is 7.85. The van der Waals surface area contributed by atoms with Gasteiger partial charge in [-0.15, -0.1) is 11.6 Å². The summed E-state index contributed by atoms with van der Waals surface area (Å²) in [5.74, 6) is 0.202. The largest absolute Gasteiger partial charge is 0.481 e. The van der Waals surface area contributed by atoms with Crippen molar-refractivity contribution in [1.82, 2.24) is 4.98 Å². The van der Waals surface area contributed by atoms with E-state index in [1.807, 2.05) is 20.8 Å². The minimum absolute atomic E-state index is 0.260. The topological polar surface area (TPSA) is 51.6 Å². The van der Waals surface area contributed by atoms with E-state index in [0.29, 0.717) is 30.0 Å². The number of halogens is 2. The van der Waals surface area contributed by atoms with Gasteiger partial charge >= 0.3 is 0 Å². The van der Waals surface area contributed by atoms with Gasteiger partial charge in [0.2, 0.25) is 5.88 Å². The lowest BCUT2D eigenvalue weighted by Crippen LogP contribution is -2.21. The Kier molecular flexibility index (Phi) is 6.74. The van der Waals surface area contributed by atoms with Gasteiger partial charge in [-0.05, 0) is 39.7 Å². The van der Waals surface area contributed by atoms with Crippen molar-refractivity contribution < 1.29 is 13.3 Å². The molecule has 0 aliphatic heterocycles. The number of rotatable bonds is 6. The van der Waals surface area contributed by atoms with Gasteiger partial charge in [0.1, 0.15) is 16.8 Å². The first kappa shape index (κ1) is 18.0. The zero-order valence-corrected chi connectivity index (χ0v) is 14.2. The van der Waals surface area contributed by atoms with Crippen molar-refractivity contribution in [2.24, 2.45) is 4.40 Å². The van der Waals surface area contributed by atoms with E-state index in [4.69, 9.17) is 16.3 Å². The van der Waals surface area contributed by atoms with Crippen molar-refractivity contribution in [2.75, 3.05) is 13.0 Å². The maximum absolute atomic E-state index is 13.5. The Morgan fingerprint density at radius 3 is 2.71 bits per heavy atom. The minimum Gasteiger partial charge on any atom is -0.481 e. The van der Waals surface area contributed by atoms with Gasteiger partial charge in [-0.2, -0.15) is 4.40 Å². The lowest BCUT2D eigenvalue weighted by atomic mass is 10.1. The zero-order chi connectivity index (χ0) is 16.0. The SMILES string of the molecule is COc1ncc(F)cc1/C(CCCCl)=N/[S@@](=O)C(C)(C)C. The highest BCUT2D eigenvalue weighted by atomic mass is 35.5. The number of hydrogen-bond acceptors (Lipinski definition) is 3. The third-order valence-electron chi connectivity index (χ3n) is 2.59. The molecule has 0 aromatic carbocycles. The zero-order valence-electron chi connectivity index (χ0n) is 12.7. The predicted molar refractivity (Wildman–Crippen MR) is 85.1 cm³/mol. The van der Waals surface area contributed by atoms with E-state index in [0.717, 1.165) is 6.20 Å². The van der Waals surface area contributed by atoms with Crippen LogP contribution < -0.4 is 4.74 Å². The number of hydrogen-bond donors (Lipinski definition) is 0. The van der Waals surface area contributed by atoms with Gasteiger partial charge < -0.3 is 4.74 Å². The maximum atomic E-state index is 13.5. The molecule has 1 aromatic rings. The van der Waals surface area contributed by atoms with Crippen LogP contribution in [0.2, 0.25) is 0 Å². The molecule has 0 bridgehead atoms. The molecule has 0 spiro atoms. The quantitative estimate of drug-likeness (QED) is 0.591. The summed E-state index contributed by atoms with van der Waals surface area (Å²) in [5, 5.41) is 0. The number of ether oxygens (including phenoxy) is 1. The molecule has 0 N–H and O–H groups in total. The van der Waals surface area contributed by atoms with Crippen molar-refractivity contribution in [3.05, 3.63) is 23.6 Å². The Hall–Kier alpha value is -1.01. The fraction of sp³-hybridized carbons (Fsp3) is 0.571. The van der Waals surface area contributed by atoms with Crippen LogP contribution in [0.3, 0.4) is 0 Å². The highest BCUT2D eigenvalue weighted by Crippen LogP contribution is 2.22. The predicted octanol–water partition coefficient (Wildman–Crippen LogP) is 3.50. The van der Waals surface area contributed by atoms with Gasteiger partial charge in [0.05, 0.1) is 29.3 Å². The van der Waals surface area contributed by atoms with E-state index in [2.05, 4.69) is 9.38 Å². The number of aromatic nitrogens is 1. The first-order valence-corrected chi connectivity index (χ1v) is 8.19. The molecular formula is C14H20ClFN2O2S. The maximum Gasteiger partial charge on any atom is 0.222 e. The molecule has 0 saturated heterocycles. The summed E-state index contributed by atoms with van der Waals surface area (Å²) in [6, 6.07) is 1.29. The van der Waals surface area contributed by atoms with E-state index in [9.17, 15) is 8.60 Å². The molecule has 1 heterocycles. The lowest BCUT2D eigenvalue weighted by Gasteiger charge is -2.16. The van der Waals surface area contributed by atoms with Crippen LogP contribution in [0.5, 0.6) is 5.88 Å². The second kappa shape index (κ2) is 7.84. The number of nitrogens with zero attached hydrogens (tertiary/aromatic N) is 2. The number of alkyl halides is 1. The highest BCUT2D eigenvalue weighted by Gasteiger charge is 2.21. The standard InChI is InChI=1S/C14H20ClFN2O2S/c1-14(2,3)21(19)18-12(6-5-7-15)11-8-10(16)9-17-13(11)20-4/h8-9H,5-7H2,1-4H3/b18-12+/t21-/m0/s1. The van der Waals surface area contributed by atoms with Crippen LogP contribution in [0, 0.1) is 5.82 Å². The van der Waals surface area contributed by atoms with E-state index in [1.165, 1.54) is 13.2 Å². The Morgan fingerprint density at radius 2 is 2.19 bits per heavy atom. The molecule has 0 amide bonds. The molecule has 0 aliphatic rings. The molecule has 0 fully saturated rings. The van der Waals surface area contributed by atoms with Crippen LogP contribution in [0.1, 0.15) is 39.2 Å². The molecule has 1 atom stereocenters. The van der Waals surface area contributed by atoms with Crippen molar-refractivity contribution in [3.8, 4) is 5.88 Å². The second-order valence-corrected chi connectivity index (χ2v) is 7.69. The summed E-state index contributed by atoms with van der Waals surface area (Å²) in [5.41, 5.74) is 0.910. The smallest absolute Gasteiger partial charge is 0.222 e. The first-order chi connectivity index (χ1) is 9.79. The van der Waals surface area contributed by atoms with E-state index in [-0.39, 0.29) is 5.88 Å². The summed E-state index contributed by atoms with van der Waals surface area (Å²) in [6.07, 6.45) is 2.19. The number of pyridine rings is 1. The average Bonchev–Trinajstić information content (AvgIpc) is 2.42. The molecule has 0 saturated carbocycles. The third-order valence-corrected chi connectivity index (χ3v) is 4.29. The molecule has 118 valence electrons. The van der Waals surface area contributed by atoms with Crippen molar-refractivity contribution in [3.63, 3.8) is 0 Å². The minimum atomic E-state index is -1.45. The monoisotopic (exact) mass is 334 g/mol. The molecule has 4 nitrogen and oxygen atoms in total. The summed E-state index contributed by atoms with van der Waals surface area (Å²) >= 11 is 5.71. The van der Waals surface area contributed by atoms with Crippen molar-refractivity contribution in [2.45, 2.75) is 38.4 Å². The van der Waals surface area contributed by atoms with Gasteiger partial charge in [-0.25, -0.2) is 13.6 Å². The Morgan fingerprint density at radius 1 is 1.52 bits per heavy atom. The summed E-state index contributed by atoms with van der Waals surface area (Å²) in [6.45, 7) is 5.48. The number of methoxy groups -OCH3 is 1. The molecule has 0 aliphatic carbocycles. The lowest BCUT2D eigenvalue weighted by molar-refractivity contribution is 0.394. The van der Waals surface area contributed by atoms with Gasteiger partial charge in [-0.1, -0.05) is 0 Å². The van der Waals surface area contributed by atoms with Crippen LogP contribution >= 0.6 is 11.6 Å². The molecule has 0 radical (unpaired) electrons. The molecular weight excluding hydrogens is 315 g/mol. The summed E-state index contributed by atoms with van der Waals surface area (Å²) < 4.78 is 34.6. The van der Waals surface area contributed by atoms with Crippen molar-refractivity contribution in [1.29, 1.82) is 0 Å². The van der Waals surface area contributed by atoms with Gasteiger partial charge in [0.25, 0.3) is 0 Å².